The summed E-state index contributed by atoms with van der Waals surface area (Å²) in [7, 11) is -3.53. The third-order valence-corrected chi connectivity index (χ3v) is 5.35. The molecule has 0 spiro atoms. The summed E-state index contributed by atoms with van der Waals surface area (Å²) in [6, 6.07) is 0. The summed E-state index contributed by atoms with van der Waals surface area (Å²) in [5, 5.41) is 9.03. The molecule has 1 unspecified atom stereocenters. The van der Waals surface area contributed by atoms with E-state index in [9.17, 15) is 13.2 Å². The predicted octanol–water partition coefficient (Wildman–Crippen LogP) is 1.01. The predicted molar refractivity (Wildman–Crippen MR) is 72.9 cm³/mol. The first-order valence-electron chi connectivity index (χ1n) is 6.77. The summed E-state index contributed by atoms with van der Waals surface area (Å²) in [5.41, 5.74) is 0. The van der Waals surface area contributed by atoms with E-state index in [2.05, 4.69) is 0 Å². The maximum atomic E-state index is 12.5. The van der Waals surface area contributed by atoms with E-state index in [1.54, 1.807) is 6.92 Å². The van der Waals surface area contributed by atoms with Gasteiger partial charge in [-0.15, -0.1) is 0 Å². The molecule has 1 saturated heterocycles. The zero-order valence-electron chi connectivity index (χ0n) is 11.9. The zero-order valence-corrected chi connectivity index (χ0v) is 12.7. The topological polar surface area (TPSA) is 77.9 Å². The second-order valence-corrected chi connectivity index (χ2v) is 7.32. The van der Waals surface area contributed by atoms with Gasteiger partial charge in [-0.2, -0.15) is 17.0 Å². The highest BCUT2D eigenvalue weighted by molar-refractivity contribution is 7.86. The standard InChI is InChI=1S/C12H24N2O4S/c1-4-13(8-10(2)3)19(17,18)14-7-5-6-11(9-14)12(15)16/h10-11H,4-9H2,1-3H3,(H,15,16). The van der Waals surface area contributed by atoms with Crippen LogP contribution in [-0.2, 0) is 15.0 Å². The lowest BCUT2D eigenvalue weighted by molar-refractivity contribution is -0.142. The van der Waals surface area contributed by atoms with Crippen LogP contribution in [0.1, 0.15) is 33.6 Å². The van der Waals surface area contributed by atoms with Crippen LogP contribution >= 0.6 is 0 Å². The first-order valence-corrected chi connectivity index (χ1v) is 8.16. The van der Waals surface area contributed by atoms with Crippen LogP contribution in [0.4, 0.5) is 0 Å². The lowest BCUT2D eigenvalue weighted by Gasteiger charge is -2.34. The largest absolute Gasteiger partial charge is 0.481 e. The van der Waals surface area contributed by atoms with Crippen LogP contribution in [0, 0.1) is 11.8 Å². The molecule has 1 aliphatic heterocycles. The van der Waals surface area contributed by atoms with Gasteiger partial charge in [-0.3, -0.25) is 4.79 Å². The molecule has 0 aromatic heterocycles. The number of carboxylic acid groups (broad SMARTS) is 1. The van der Waals surface area contributed by atoms with Gasteiger partial charge in [0.2, 0.25) is 0 Å². The zero-order chi connectivity index (χ0) is 14.6. The van der Waals surface area contributed by atoms with Crippen LogP contribution in [0.25, 0.3) is 0 Å². The molecule has 1 aliphatic rings. The van der Waals surface area contributed by atoms with Gasteiger partial charge >= 0.3 is 5.97 Å². The molecule has 0 aromatic rings. The molecule has 6 nitrogen and oxygen atoms in total. The number of hydrogen-bond acceptors (Lipinski definition) is 3. The van der Waals surface area contributed by atoms with Crippen LogP contribution in [0.2, 0.25) is 0 Å². The molecular weight excluding hydrogens is 268 g/mol. The Bertz CT molecular complexity index is 408. The molecule has 0 aromatic carbocycles. The number of carbonyl (C=O) groups is 1. The van der Waals surface area contributed by atoms with E-state index in [1.165, 1.54) is 8.61 Å². The fourth-order valence-electron chi connectivity index (χ4n) is 2.31. The second kappa shape index (κ2) is 6.67. The Morgan fingerprint density at radius 1 is 1.47 bits per heavy atom. The van der Waals surface area contributed by atoms with Gasteiger partial charge in [0.05, 0.1) is 5.92 Å². The van der Waals surface area contributed by atoms with Gasteiger partial charge in [-0.05, 0) is 18.8 Å². The van der Waals surface area contributed by atoms with Crippen molar-refractivity contribution in [2.45, 2.75) is 33.6 Å². The maximum absolute atomic E-state index is 12.5. The highest BCUT2D eigenvalue weighted by Crippen LogP contribution is 2.21. The van der Waals surface area contributed by atoms with Crippen LogP contribution in [-0.4, -0.2) is 54.3 Å². The van der Waals surface area contributed by atoms with Gasteiger partial charge in [0.1, 0.15) is 0 Å². The summed E-state index contributed by atoms with van der Waals surface area (Å²) in [6.07, 6.45) is 1.16. The van der Waals surface area contributed by atoms with Crippen molar-refractivity contribution in [1.82, 2.24) is 8.61 Å². The highest BCUT2D eigenvalue weighted by Gasteiger charge is 2.35. The van der Waals surface area contributed by atoms with E-state index >= 15 is 0 Å². The number of rotatable bonds is 6. The van der Waals surface area contributed by atoms with Gasteiger partial charge in [0.25, 0.3) is 10.2 Å². The van der Waals surface area contributed by atoms with Gasteiger partial charge < -0.3 is 5.11 Å². The molecule has 1 atom stereocenters. The van der Waals surface area contributed by atoms with Crippen molar-refractivity contribution in [3.05, 3.63) is 0 Å². The third-order valence-electron chi connectivity index (χ3n) is 3.31. The summed E-state index contributed by atoms with van der Waals surface area (Å²) < 4.78 is 27.7. The van der Waals surface area contributed by atoms with Gasteiger partial charge in [-0.1, -0.05) is 20.8 Å². The molecule has 19 heavy (non-hydrogen) atoms. The van der Waals surface area contributed by atoms with E-state index in [-0.39, 0.29) is 12.5 Å². The van der Waals surface area contributed by atoms with E-state index in [0.29, 0.717) is 32.5 Å². The second-order valence-electron chi connectivity index (χ2n) is 5.39. The average molecular weight is 292 g/mol. The fourth-order valence-corrected chi connectivity index (χ4v) is 4.18. The van der Waals surface area contributed by atoms with E-state index in [4.69, 9.17) is 5.11 Å². The fraction of sp³-hybridized carbons (Fsp3) is 0.917. The lowest BCUT2D eigenvalue weighted by Crippen LogP contribution is -2.49. The normalized spacial score (nSPS) is 22.1. The molecule has 0 saturated carbocycles. The molecular formula is C12H24N2O4S. The first-order chi connectivity index (χ1) is 8.78. The molecule has 0 amide bonds. The molecule has 0 radical (unpaired) electrons. The maximum Gasteiger partial charge on any atom is 0.307 e. The van der Waals surface area contributed by atoms with Crippen LogP contribution in [0.5, 0.6) is 0 Å². The van der Waals surface area contributed by atoms with Crippen molar-refractivity contribution >= 4 is 16.2 Å². The highest BCUT2D eigenvalue weighted by atomic mass is 32.2. The van der Waals surface area contributed by atoms with Crippen molar-refractivity contribution in [1.29, 1.82) is 0 Å². The van der Waals surface area contributed by atoms with Gasteiger partial charge in [0, 0.05) is 26.2 Å². The summed E-state index contributed by atoms with van der Waals surface area (Å²) >= 11 is 0. The number of nitrogens with zero attached hydrogens (tertiary/aromatic N) is 2. The Balaban J connectivity index is 2.83. The Kier molecular flexibility index (Phi) is 5.76. The van der Waals surface area contributed by atoms with E-state index < -0.39 is 22.1 Å². The van der Waals surface area contributed by atoms with Gasteiger partial charge in [0.15, 0.2) is 0 Å². The number of hydrogen-bond donors (Lipinski definition) is 1. The minimum atomic E-state index is -3.53. The Morgan fingerprint density at radius 2 is 2.11 bits per heavy atom. The van der Waals surface area contributed by atoms with Crippen LogP contribution < -0.4 is 0 Å². The number of piperidine rings is 1. The minimum Gasteiger partial charge on any atom is -0.481 e. The third kappa shape index (κ3) is 4.15. The molecule has 0 bridgehead atoms. The lowest BCUT2D eigenvalue weighted by atomic mass is 10.0. The molecule has 1 N–H and O–H groups in total. The van der Waals surface area contributed by atoms with Crippen molar-refractivity contribution in [2.75, 3.05) is 26.2 Å². The molecule has 112 valence electrons. The van der Waals surface area contributed by atoms with E-state index in [0.717, 1.165) is 0 Å². The molecule has 1 rings (SSSR count). The summed E-state index contributed by atoms with van der Waals surface area (Å²) in [5.74, 6) is -1.25. The monoisotopic (exact) mass is 292 g/mol. The summed E-state index contributed by atoms with van der Waals surface area (Å²) in [4.78, 5) is 11.0. The summed E-state index contributed by atoms with van der Waals surface area (Å²) in [6.45, 7) is 7.12. The Labute approximate surface area is 115 Å². The van der Waals surface area contributed by atoms with Gasteiger partial charge in [-0.25, -0.2) is 0 Å². The average Bonchev–Trinajstić information content (AvgIpc) is 2.35. The van der Waals surface area contributed by atoms with Crippen molar-refractivity contribution in [3.8, 4) is 0 Å². The number of aliphatic carboxylic acids is 1. The quantitative estimate of drug-likeness (QED) is 0.792. The van der Waals surface area contributed by atoms with Crippen molar-refractivity contribution < 1.29 is 18.3 Å². The van der Waals surface area contributed by atoms with Crippen molar-refractivity contribution in [3.63, 3.8) is 0 Å². The molecule has 1 heterocycles. The van der Waals surface area contributed by atoms with Crippen LogP contribution in [0.3, 0.4) is 0 Å². The van der Waals surface area contributed by atoms with Crippen LogP contribution in [0.15, 0.2) is 0 Å². The Hall–Kier alpha value is -0.660. The molecule has 7 heteroatoms. The Morgan fingerprint density at radius 3 is 2.58 bits per heavy atom. The number of carboxylic acids is 1. The SMILES string of the molecule is CCN(CC(C)C)S(=O)(=O)N1CCCC(C(=O)O)C1. The van der Waals surface area contributed by atoms with E-state index in [1.807, 2.05) is 13.8 Å². The molecule has 0 aliphatic carbocycles. The first kappa shape index (κ1) is 16.4. The van der Waals surface area contributed by atoms with Crippen molar-refractivity contribution in [2.24, 2.45) is 11.8 Å². The minimum absolute atomic E-state index is 0.0895. The molecule has 1 fully saturated rings. The smallest absolute Gasteiger partial charge is 0.307 e.